The van der Waals surface area contributed by atoms with Gasteiger partial charge in [-0.25, -0.2) is 10.1 Å². The number of ether oxygens (including phenoxy) is 1. The molecule has 10 heteroatoms. The lowest BCUT2D eigenvalue weighted by molar-refractivity contribution is 0.102. The summed E-state index contributed by atoms with van der Waals surface area (Å²) in [4.78, 5) is 12.3. The van der Waals surface area contributed by atoms with Crippen LogP contribution in [0.3, 0.4) is 0 Å². The molecular weight excluding hydrogens is 504 g/mol. The van der Waals surface area contributed by atoms with Gasteiger partial charge >= 0.3 is 0 Å². The molecule has 0 aliphatic rings. The van der Waals surface area contributed by atoms with Gasteiger partial charge in [0.15, 0.2) is 5.78 Å². The molecule has 8 nitrogen and oxygen atoms in total. The van der Waals surface area contributed by atoms with Crippen molar-refractivity contribution >= 4 is 45.6 Å². The van der Waals surface area contributed by atoms with Gasteiger partial charge in [-0.1, -0.05) is 70.2 Å². The van der Waals surface area contributed by atoms with E-state index < -0.39 is 0 Å². The third kappa shape index (κ3) is 6.21. The van der Waals surface area contributed by atoms with E-state index in [0.29, 0.717) is 16.5 Å². The summed E-state index contributed by atoms with van der Waals surface area (Å²) in [6, 6.07) is 24.2. The number of aromatic nitrogens is 3. The van der Waals surface area contributed by atoms with Crippen molar-refractivity contribution in [1.29, 1.82) is 0 Å². The van der Waals surface area contributed by atoms with Crippen molar-refractivity contribution in [3.05, 3.63) is 94.5 Å². The summed E-state index contributed by atoms with van der Waals surface area (Å²) in [5.41, 5.74) is 4.21. The van der Waals surface area contributed by atoms with Crippen molar-refractivity contribution in [1.82, 2.24) is 14.9 Å². The number of nitrogens with one attached hydrogen (secondary N) is 1. The molecule has 4 rings (SSSR count). The van der Waals surface area contributed by atoms with Crippen LogP contribution in [0.2, 0.25) is 0 Å². The topological polar surface area (TPSA) is 107 Å². The minimum Gasteiger partial charge on any atom is -0.457 e. The number of hydrazone groups is 1. The lowest BCUT2D eigenvalue weighted by Crippen LogP contribution is -2.14. The standard InChI is InChI=1S/C23H19BrN6O2S/c24-18-11-9-17(10-12-18)21(31)15-33-23-29-28-22(30(23)25)27-26-14-16-5-4-8-20(13-16)32-19-6-2-1-3-7-19/h1-14H,15,25H2,(H,27,28)/b26-14+. The Labute approximate surface area is 203 Å². The number of ketones is 1. The SMILES string of the molecule is Nn1c(N/N=C/c2cccc(Oc3ccccc3)c2)nnc1SCC(=O)c1ccc(Br)cc1. The van der Waals surface area contributed by atoms with E-state index >= 15 is 0 Å². The zero-order valence-electron chi connectivity index (χ0n) is 17.3. The van der Waals surface area contributed by atoms with E-state index in [4.69, 9.17) is 10.6 Å². The van der Waals surface area contributed by atoms with E-state index in [0.717, 1.165) is 15.8 Å². The highest BCUT2D eigenvalue weighted by Crippen LogP contribution is 2.22. The van der Waals surface area contributed by atoms with Gasteiger partial charge in [0.25, 0.3) is 5.95 Å². The van der Waals surface area contributed by atoms with Crippen LogP contribution in [0.4, 0.5) is 5.95 Å². The van der Waals surface area contributed by atoms with Gasteiger partial charge in [0.1, 0.15) is 11.5 Å². The summed E-state index contributed by atoms with van der Waals surface area (Å²) in [5, 5.41) is 12.6. The van der Waals surface area contributed by atoms with Crippen molar-refractivity contribution in [3.8, 4) is 11.5 Å². The number of benzene rings is 3. The number of carbonyl (C=O) groups is 1. The van der Waals surface area contributed by atoms with E-state index in [-0.39, 0.29) is 17.5 Å². The number of para-hydroxylation sites is 1. The zero-order chi connectivity index (χ0) is 23.0. The minimum atomic E-state index is -0.0272. The molecule has 3 N–H and O–H groups in total. The van der Waals surface area contributed by atoms with Crippen LogP contribution in [0.5, 0.6) is 11.5 Å². The molecule has 0 amide bonds. The van der Waals surface area contributed by atoms with Crippen molar-refractivity contribution in [2.45, 2.75) is 5.16 Å². The maximum Gasteiger partial charge on any atom is 0.264 e. The first-order valence-corrected chi connectivity index (χ1v) is 11.6. The number of hydrogen-bond acceptors (Lipinski definition) is 8. The maximum absolute atomic E-state index is 12.3. The first kappa shape index (κ1) is 22.6. The van der Waals surface area contributed by atoms with Crippen molar-refractivity contribution < 1.29 is 9.53 Å². The smallest absolute Gasteiger partial charge is 0.264 e. The van der Waals surface area contributed by atoms with E-state index in [2.05, 4.69) is 36.7 Å². The third-order valence-electron chi connectivity index (χ3n) is 4.38. The molecule has 0 unspecified atom stereocenters. The fourth-order valence-electron chi connectivity index (χ4n) is 2.75. The summed E-state index contributed by atoms with van der Waals surface area (Å²) in [5.74, 6) is 7.90. The van der Waals surface area contributed by atoms with E-state index in [9.17, 15) is 4.79 Å². The second-order valence-corrected chi connectivity index (χ2v) is 8.61. The molecule has 4 aromatic rings. The minimum absolute atomic E-state index is 0.0272. The fourth-order valence-corrected chi connectivity index (χ4v) is 3.76. The molecule has 0 fully saturated rings. The zero-order valence-corrected chi connectivity index (χ0v) is 19.7. The fraction of sp³-hybridized carbons (Fsp3) is 0.0435. The average Bonchev–Trinajstić information content (AvgIpc) is 3.18. The van der Waals surface area contributed by atoms with E-state index in [1.807, 2.05) is 66.7 Å². The molecule has 0 radical (unpaired) electrons. The number of hydrogen-bond donors (Lipinski definition) is 2. The molecule has 166 valence electrons. The summed E-state index contributed by atoms with van der Waals surface area (Å²) in [6.45, 7) is 0. The molecule has 0 atom stereocenters. The Morgan fingerprint density at radius 1 is 1.06 bits per heavy atom. The molecule has 0 aliphatic heterocycles. The predicted molar refractivity (Wildman–Crippen MR) is 134 cm³/mol. The van der Waals surface area contributed by atoms with Gasteiger partial charge in [-0.3, -0.25) is 4.79 Å². The number of carbonyl (C=O) groups excluding carboxylic acids is 1. The molecule has 0 saturated carbocycles. The molecule has 1 heterocycles. The predicted octanol–water partition coefficient (Wildman–Crippen LogP) is 4.97. The Balaban J connectivity index is 1.33. The van der Waals surface area contributed by atoms with E-state index in [1.165, 1.54) is 16.4 Å². The number of halogens is 1. The van der Waals surface area contributed by atoms with Crippen LogP contribution in [-0.4, -0.2) is 32.6 Å². The third-order valence-corrected chi connectivity index (χ3v) is 5.85. The van der Waals surface area contributed by atoms with Crippen LogP contribution in [-0.2, 0) is 0 Å². The highest BCUT2D eigenvalue weighted by Gasteiger charge is 2.13. The quantitative estimate of drug-likeness (QED) is 0.105. The van der Waals surface area contributed by atoms with Crippen LogP contribution in [0, 0.1) is 0 Å². The molecular formula is C23H19BrN6O2S. The Morgan fingerprint density at radius 3 is 2.61 bits per heavy atom. The largest absolute Gasteiger partial charge is 0.457 e. The second-order valence-electron chi connectivity index (χ2n) is 6.75. The van der Waals surface area contributed by atoms with Crippen LogP contribution < -0.4 is 16.0 Å². The summed E-state index contributed by atoms with van der Waals surface area (Å²) in [6.07, 6.45) is 1.62. The Kier molecular flexibility index (Phi) is 7.38. The van der Waals surface area contributed by atoms with Crippen molar-refractivity contribution in [3.63, 3.8) is 0 Å². The van der Waals surface area contributed by atoms with Crippen LogP contribution in [0.15, 0.2) is 93.6 Å². The lowest BCUT2D eigenvalue weighted by Gasteiger charge is -2.06. The van der Waals surface area contributed by atoms with Gasteiger partial charge in [0, 0.05) is 10.0 Å². The van der Waals surface area contributed by atoms with Crippen molar-refractivity contribution in [2.24, 2.45) is 5.10 Å². The molecule has 0 aliphatic carbocycles. The Morgan fingerprint density at radius 2 is 1.82 bits per heavy atom. The molecule has 0 bridgehead atoms. The number of thioether (sulfide) groups is 1. The van der Waals surface area contributed by atoms with Crippen molar-refractivity contribution in [2.75, 3.05) is 17.0 Å². The number of Topliss-reactive ketones (excluding diaryl/α,β-unsaturated/α-hetero) is 1. The maximum atomic E-state index is 12.3. The Bertz CT molecular complexity index is 1260. The average molecular weight is 523 g/mol. The highest BCUT2D eigenvalue weighted by molar-refractivity contribution is 9.10. The number of nitrogen functional groups attached to an aromatic ring is 1. The first-order chi connectivity index (χ1) is 16.1. The number of anilines is 1. The molecule has 3 aromatic carbocycles. The molecule has 0 spiro atoms. The van der Waals surface area contributed by atoms with Gasteiger partial charge in [0.05, 0.1) is 12.0 Å². The van der Waals surface area contributed by atoms with Crippen LogP contribution in [0.25, 0.3) is 0 Å². The number of nitrogens with two attached hydrogens (primary N) is 1. The number of rotatable bonds is 9. The van der Waals surface area contributed by atoms with Crippen LogP contribution in [0.1, 0.15) is 15.9 Å². The van der Waals surface area contributed by atoms with Crippen LogP contribution >= 0.6 is 27.7 Å². The first-order valence-electron chi connectivity index (χ1n) is 9.82. The van der Waals surface area contributed by atoms with Gasteiger partial charge in [-0.05, 0) is 42.0 Å². The highest BCUT2D eigenvalue weighted by atomic mass is 79.9. The molecule has 1 aromatic heterocycles. The normalized spacial score (nSPS) is 10.9. The summed E-state index contributed by atoms with van der Waals surface area (Å²) >= 11 is 4.56. The molecule has 33 heavy (non-hydrogen) atoms. The summed E-state index contributed by atoms with van der Waals surface area (Å²) < 4.78 is 8.00. The van der Waals surface area contributed by atoms with Gasteiger partial charge < -0.3 is 10.6 Å². The lowest BCUT2D eigenvalue weighted by atomic mass is 10.2. The van der Waals surface area contributed by atoms with Gasteiger partial charge in [0.2, 0.25) is 5.16 Å². The number of nitrogens with zero attached hydrogens (tertiary/aromatic N) is 4. The van der Waals surface area contributed by atoms with Gasteiger partial charge in [-0.2, -0.15) is 5.10 Å². The monoisotopic (exact) mass is 522 g/mol. The summed E-state index contributed by atoms with van der Waals surface area (Å²) in [7, 11) is 0. The second kappa shape index (κ2) is 10.8. The Hall–Kier alpha value is -3.63. The molecule has 0 saturated heterocycles. The van der Waals surface area contributed by atoms with E-state index in [1.54, 1.807) is 18.3 Å². The van der Waals surface area contributed by atoms with Gasteiger partial charge in [-0.15, -0.1) is 10.2 Å².